The molecule has 2 atom stereocenters. The summed E-state index contributed by atoms with van der Waals surface area (Å²) in [7, 11) is 0. The van der Waals surface area contributed by atoms with Crippen LogP contribution in [-0.2, 0) is 33.4 Å². The maximum atomic E-state index is 12.6. The number of ether oxygens (including phenoxy) is 3. The molecule has 0 aliphatic carbocycles. The van der Waals surface area contributed by atoms with E-state index in [0.717, 1.165) is 4.68 Å². The van der Waals surface area contributed by atoms with Gasteiger partial charge in [0, 0.05) is 23.0 Å². The van der Waals surface area contributed by atoms with E-state index < -0.39 is 29.4 Å². The van der Waals surface area contributed by atoms with E-state index in [1.54, 1.807) is 68.1 Å². The molecule has 13 nitrogen and oxygen atoms in total. The number of benzene rings is 2. The summed E-state index contributed by atoms with van der Waals surface area (Å²) in [6.45, 7) is 1.76. The van der Waals surface area contributed by atoms with Gasteiger partial charge in [-0.05, 0) is 43.3 Å². The molecule has 2 unspecified atom stereocenters. The first kappa shape index (κ1) is 26.7. The molecule has 5 rings (SSSR count). The number of nitrogens with zero attached hydrogens (tertiary/aromatic N) is 6. The molecular weight excluding hydrogens is 555 g/mol. The molecule has 0 bridgehead atoms. The summed E-state index contributed by atoms with van der Waals surface area (Å²) in [5.41, 5.74) is 0.572. The summed E-state index contributed by atoms with van der Waals surface area (Å²) in [5, 5.41) is 14.4. The highest BCUT2D eigenvalue weighted by atomic mass is 35.5. The number of aromatic nitrogens is 5. The molecule has 0 saturated carbocycles. The van der Waals surface area contributed by atoms with E-state index in [0.29, 0.717) is 39.4 Å². The summed E-state index contributed by atoms with van der Waals surface area (Å²) >= 11 is 12.6. The fourth-order valence-electron chi connectivity index (χ4n) is 4.26. The molecule has 4 aromatic rings. The Balaban J connectivity index is 1.27. The van der Waals surface area contributed by atoms with Gasteiger partial charge in [-0.1, -0.05) is 29.3 Å². The van der Waals surface area contributed by atoms with Crippen LogP contribution >= 0.6 is 23.2 Å². The predicted octanol–water partition coefficient (Wildman–Crippen LogP) is 3.36. The Morgan fingerprint density at radius 1 is 1.23 bits per heavy atom. The van der Waals surface area contributed by atoms with Gasteiger partial charge in [0.1, 0.15) is 24.3 Å². The Morgan fingerprint density at radius 2 is 2.03 bits per heavy atom. The standard InChI is InChI=1S/C24H22Cl2N6O7/c1-16-28-30(15-38-32(34)35)23(33)31(16)18-3-5-19(6-4-18)36-11-20-12-37-24(39-20,13-29-9-8-27-14-29)21-7-2-17(25)10-22(21)26/h2-10,14,20H,11-13,15H2,1H3. The molecule has 0 N–H and O–H groups in total. The van der Waals surface area contributed by atoms with E-state index in [4.69, 9.17) is 37.4 Å². The monoisotopic (exact) mass is 576 g/mol. The zero-order chi connectivity index (χ0) is 27.6. The highest BCUT2D eigenvalue weighted by Crippen LogP contribution is 2.40. The van der Waals surface area contributed by atoms with E-state index in [1.807, 2.05) is 4.57 Å². The maximum absolute atomic E-state index is 12.6. The number of halogens is 2. The van der Waals surface area contributed by atoms with Gasteiger partial charge in [0.25, 0.3) is 5.09 Å². The lowest BCUT2D eigenvalue weighted by Gasteiger charge is -2.30. The van der Waals surface area contributed by atoms with Crippen molar-refractivity contribution in [2.24, 2.45) is 0 Å². The van der Waals surface area contributed by atoms with Gasteiger partial charge in [0.15, 0.2) is 6.73 Å². The lowest BCUT2D eigenvalue weighted by atomic mass is 10.1. The summed E-state index contributed by atoms with van der Waals surface area (Å²) in [5.74, 6) is -0.293. The summed E-state index contributed by atoms with van der Waals surface area (Å²) < 4.78 is 22.5. The van der Waals surface area contributed by atoms with Gasteiger partial charge in [-0.15, -0.1) is 10.1 Å². The molecule has 15 heteroatoms. The fraction of sp³-hybridized carbons (Fsp3) is 0.292. The first-order chi connectivity index (χ1) is 18.7. The van der Waals surface area contributed by atoms with Crippen molar-refractivity contribution in [1.29, 1.82) is 0 Å². The van der Waals surface area contributed by atoms with Crippen molar-refractivity contribution in [3.05, 3.63) is 103 Å². The van der Waals surface area contributed by atoms with E-state index in [1.165, 1.54) is 4.57 Å². The molecule has 2 aromatic heterocycles. The van der Waals surface area contributed by atoms with Crippen LogP contribution in [0.2, 0.25) is 10.0 Å². The van der Waals surface area contributed by atoms with Crippen LogP contribution in [0.4, 0.5) is 0 Å². The topological polar surface area (TPSA) is 138 Å². The lowest BCUT2D eigenvalue weighted by Crippen LogP contribution is -2.34. The van der Waals surface area contributed by atoms with Gasteiger partial charge in [0.05, 0.1) is 30.2 Å². The average Bonchev–Trinajstić information content (AvgIpc) is 3.62. The highest BCUT2D eigenvalue weighted by Gasteiger charge is 2.45. The van der Waals surface area contributed by atoms with Gasteiger partial charge < -0.3 is 18.8 Å². The van der Waals surface area contributed by atoms with E-state index in [9.17, 15) is 14.9 Å². The number of aryl methyl sites for hydroxylation is 1. The number of hydrogen-bond donors (Lipinski definition) is 0. The normalized spacial score (nSPS) is 18.8. The largest absolute Gasteiger partial charge is 0.491 e. The van der Waals surface area contributed by atoms with Crippen LogP contribution < -0.4 is 10.4 Å². The zero-order valence-corrected chi connectivity index (χ0v) is 22.0. The molecule has 1 saturated heterocycles. The van der Waals surface area contributed by atoms with Crippen molar-refractivity contribution in [2.75, 3.05) is 13.2 Å². The highest BCUT2D eigenvalue weighted by molar-refractivity contribution is 6.35. The van der Waals surface area contributed by atoms with Crippen LogP contribution in [0.3, 0.4) is 0 Å². The van der Waals surface area contributed by atoms with Crippen molar-refractivity contribution in [2.45, 2.75) is 32.1 Å². The number of imidazole rings is 1. The Kier molecular flexibility index (Phi) is 7.57. The molecule has 0 amide bonds. The van der Waals surface area contributed by atoms with E-state index in [2.05, 4.69) is 14.9 Å². The Morgan fingerprint density at radius 3 is 2.72 bits per heavy atom. The van der Waals surface area contributed by atoms with Gasteiger partial charge in [-0.25, -0.2) is 14.3 Å². The van der Waals surface area contributed by atoms with Crippen molar-refractivity contribution in [3.63, 3.8) is 0 Å². The Hall–Kier alpha value is -3.91. The Bertz CT molecular complexity index is 1520. The first-order valence-corrected chi connectivity index (χ1v) is 12.4. The SMILES string of the molecule is Cc1nn(CO[N+](=O)[O-])c(=O)n1-c1ccc(OCC2COC(Cn3ccnc3)(c3ccc(Cl)cc3Cl)O2)cc1. The minimum absolute atomic E-state index is 0.186. The molecule has 0 spiro atoms. The summed E-state index contributed by atoms with van der Waals surface area (Å²) in [4.78, 5) is 31.4. The number of rotatable bonds is 10. The molecular formula is C24H22Cl2N6O7. The van der Waals surface area contributed by atoms with Crippen LogP contribution in [0.25, 0.3) is 5.69 Å². The second-order valence-corrected chi connectivity index (χ2v) is 9.46. The summed E-state index contributed by atoms with van der Waals surface area (Å²) in [6.07, 6.45) is 4.72. The third-order valence-electron chi connectivity index (χ3n) is 5.97. The van der Waals surface area contributed by atoms with Gasteiger partial charge >= 0.3 is 5.69 Å². The first-order valence-electron chi connectivity index (χ1n) is 11.6. The van der Waals surface area contributed by atoms with Crippen molar-refractivity contribution >= 4 is 23.2 Å². The minimum Gasteiger partial charge on any atom is -0.491 e. The molecule has 2 aromatic carbocycles. The summed E-state index contributed by atoms with van der Waals surface area (Å²) in [6, 6.07) is 11.9. The maximum Gasteiger partial charge on any atom is 0.352 e. The molecule has 204 valence electrons. The Labute approximate surface area is 231 Å². The molecule has 39 heavy (non-hydrogen) atoms. The van der Waals surface area contributed by atoms with Crippen molar-refractivity contribution in [1.82, 2.24) is 23.9 Å². The molecule has 1 aliphatic heterocycles. The van der Waals surface area contributed by atoms with Gasteiger partial charge in [0.2, 0.25) is 5.79 Å². The number of hydrogen-bond acceptors (Lipinski definition) is 9. The zero-order valence-electron chi connectivity index (χ0n) is 20.5. The van der Waals surface area contributed by atoms with Crippen molar-refractivity contribution < 1.29 is 24.1 Å². The van der Waals surface area contributed by atoms with Gasteiger partial charge in [-0.3, -0.25) is 4.84 Å². The third kappa shape index (κ3) is 5.76. The average molecular weight is 577 g/mol. The minimum atomic E-state index is -1.17. The van der Waals surface area contributed by atoms with E-state index in [-0.39, 0.29) is 13.2 Å². The van der Waals surface area contributed by atoms with Crippen LogP contribution in [0, 0.1) is 17.0 Å². The van der Waals surface area contributed by atoms with Crippen LogP contribution in [0.15, 0.2) is 66.0 Å². The van der Waals surface area contributed by atoms with Crippen LogP contribution in [0.5, 0.6) is 5.75 Å². The van der Waals surface area contributed by atoms with Gasteiger partial charge in [-0.2, -0.15) is 9.78 Å². The fourth-order valence-corrected chi connectivity index (χ4v) is 4.81. The molecule has 1 fully saturated rings. The molecule has 0 radical (unpaired) electrons. The lowest BCUT2D eigenvalue weighted by molar-refractivity contribution is -0.767. The third-order valence-corrected chi connectivity index (χ3v) is 6.52. The second-order valence-electron chi connectivity index (χ2n) is 8.61. The second kappa shape index (κ2) is 11.1. The smallest absolute Gasteiger partial charge is 0.352 e. The quantitative estimate of drug-likeness (QED) is 0.205. The van der Waals surface area contributed by atoms with Crippen molar-refractivity contribution in [3.8, 4) is 11.4 Å². The molecule has 3 heterocycles. The molecule has 1 aliphatic rings. The van der Waals surface area contributed by atoms with E-state index >= 15 is 0 Å². The predicted molar refractivity (Wildman–Crippen MR) is 137 cm³/mol. The van der Waals surface area contributed by atoms with Crippen LogP contribution in [0.1, 0.15) is 11.4 Å². The van der Waals surface area contributed by atoms with Crippen LogP contribution in [-0.4, -0.2) is 48.3 Å².